The van der Waals surface area contributed by atoms with E-state index in [9.17, 15) is 0 Å². The lowest BCUT2D eigenvalue weighted by molar-refractivity contribution is 0.405. The highest BCUT2D eigenvalue weighted by Crippen LogP contribution is 2.29. The number of hydrogen-bond donors (Lipinski definition) is 1. The summed E-state index contributed by atoms with van der Waals surface area (Å²) >= 11 is 8.32. The zero-order chi connectivity index (χ0) is 13.8. The Morgan fingerprint density at radius 2 is 1.89 bits per heavy atom. The van der Waals surface area contributed by atoms with Gasteiger partial charge in [-0.2, -0.15) is 0 Å². The summed E-state index contributed by atoms with van der Waals surface area (Å²) in [5.41, 5.74) is 8.41. The Balaban J connectivity index is 2.21. The van der Waals surface area contributed by atoms with Crippen LogP contribution in [0.5, 0.6) is 5.75 Å². The van der Waals surface area contributed by atoms with Crippen LogP contribution in [0.25, 0.3) is 0 Å². The van der Waals surface area contributed by atoms with Gasteiger partial charge in [0.25, 0.3) is 0 Å². The third-order valence-electron chi connectivity index (χ3n) is 2.96. The first-order valence-corrected chi connectivity index (χ1v) is 7.39. The molecule has 0 radical (unpaired) electrons. The van der Waals surface area contributed by atoms with Gasteiger partial charge in [0.05, 0.1) is 7.11 Å². The molecule has 0 aliphatic carbocycles. The van der Waals surface area contributed by atoms with Crippen molar-refractivity contribution < 1.29 is 4.74 Å². The van der Waals surface area contributed by atoms with Gasteiger partial charge < -0.3 is 10.5 Å². The Hall–Kier alpha value is -0.780. The van der Waals surface area contributed by atoms with Crippen LogP contribution in [0.3, 0.4) is 0 Å². The molecule has 0 bridgehead atoms. The lowest BCUT2D eigenvalue weighted by atomic mass is 9.99. The van der Waals surface area contributed by atoms with Crippen LogP contribution < -0.4 is 10.5 Å². The van der Waals surface area contributed by atoms with Crippen molar-refractivity contribution in [3.8, 4) is 5.75 Å². The standard InChI is InChI=1S/C15H15ClINO/c1-19-15-7-4-11(16)9-13(15)14(18)8-10-2-5-12(17)6-3-10/h2-7,9,14H,8,18H2,1H3. The molecule has 1 atom stereocenters. The highest BCUT2D eigenvalue weighted by molar-refractivity contribution is 14.1. The quantitative estimate of drug-likeness (QED) is 0.798. The smallest absolute Gasteiger partial charge is 0.123 e. The zero-order valence-electron chi connectivity index (χ0n) is 10.6. The van der Waals surface area contributed by atoms with E-state index in [1.807, 2.05) is 18.2 Å². The minimum atomic E-state index is -0.131. The van der Waals surface area contributed by atoms with Crippen LogP contribution in [0.15, 0.2) is 42.5 Å². The molecule has 0 saturated heterocycles. The fraction of sp³-hybridized carbons (Fsp3) is 0.200. The number of methoxy groups -OCH3 is 1. The molecule has 4 heteroatoms. The second kappa shape index (κ2) is 6.59. The van der Waals surface area contributed by atoms with Crippen LogP contribution in [0, 0.1) is 3.57 Å². The van der Waals surface area contributed by atoms with Gasteiger partial charge in [-0.1, -0.05) is 23.7 Å². The van der Waals surface area contributed by atoms with Crippen LogP contribution in [-0.4, -0.2) is 7.11 Å². The summed E-state index contributed by atoms with van der Waals surface area (Å²) in [4.78, 5) is 0. The van der Waals surface area contributed by atoms with Gasteiger partial charge in [0.2, 0.25) is 0 Å². The molecule has 2 aromatic rings. The van der Waals surface area contributed by atoms with Crippen LogP contribution >= 0.6 is 34.2 Å². The Morgan fingerprint density at radius 3 is 2.53 bits per heavy atom. The van der Waals surface area contributed by atoms with E-state index in [1.165, 1.54) is 9.13 Å². The predicted molar refractivity (Wildman–Crippen MR) is 87.8 cm³/mol. The predicted octanol–water partition coefficient (Wildman–Crippen LogP) is 4.20. The minimum absolute atomic E-state index is 0.131. The lowest BCUT2D eigenvalue weighted by Gasteiger charge is -2.16. The number of hydrogen-bond acceptors (Lipinski definition) is 2. The van der Waals surface area contributed by atoms with Crippen LogP contribution in [-0.2, 0) is 6.42 Å². The summed E-state index contributed by atoms with van der Waals surface area (Å²) in [5, 5.41) is 0.675. The Bertz CT molecular complexity index is 557. The summed E-state index contributed by atoms with van der Waals surface area (Å²) in [6.45, 7) is 0. The SMILES string of the molecule is COc1ccc(Cl)cc1C(N)Cc1ccc(I)cc1. The van der Waals surface area contributed by atoms with Crippen LogP contribution in [0.2, 0.25) is 5.02 Å². The van der Waals surface area contributed by atoms with Crippen molar-refractivity contribution in [1.29, 1.82) is 0 Å². The van der Waals surface area contributed by atoms with Crippen molar-refractivity contribution in [2.75, 3.05) is 7.11 Å². The third-order valence-corrected chi connectivity index (χ3v) is 3.91. The fourth-order valence-corrected chi connectivity index (χ4v) is 2.52. The van der Waals surface area contributed by atoms with Gasteiger partial charge in [0.1, 0.15) is 5.75 Å². The number of benzene rings is 2. The molecule has 19 heavy (non-hydrogen) atoms. The highest BCUT2D eigenvalue weighted by atomic mass is 127. The Labute approximate surface area is 132 Å². The number of halogens is 2. The van der Waals surface area contributed by atoms with E-state index in [4.69, 9.17) is 22.1 Å². The van der Waals surface area contributed by atoms with Gasteiger partial charge in [0.15, 0.2) is 0 Å². The van der Waals surface area contributed by atoms with Crippen molar-refractivity contribution in [3.05, 3.63) is 62.2 Å². The molecule has 0 aliphatic rings. The number of ether oxygens (including phenoxy) is 1. The van der Waals surface area contributed by atoms with Crippen LogP contribution in [0.4, 0.5) is 0 Å². The molecular formula is C15H15ClINO. The molecule has 0 aromatic heterocycles. The normalized spacial score (nSPS) is 12.2. The van der Waals surface area contributed by atoms with Crippen molar-refractivity contribution in [1.82, 2.24) is 0 Å². The third kappa shape index (κ3) is 3.84. The zero-order valence-corrected chi connectivity index (χ0v) is 13.5. The minimum Gasteiger partial charge on any atom is -0.496 e. The summed E-state index contributed by atoms with van der Waals surface area (Å²) in [6.07, 6.45) is 0.758. The molecule has 0 aliphatic heterocycles. The summed E-state index contributed by atoms with van der Waals surface area (Å²) in [5.74, 6) is 0.780. The molecule has 0 spiro atoms. The van der Waals surface area contributed by atoms with Gasteiger partial charge in [0, 0.05) is 20.2 Å². The summed E-state index contributed by atoms with van der Waals surface area (Å²) in [6, 6.07) is 13.8. The molecular weight excluding hydrogens is 373 g/mol. The van der Waals surface area contributed by atoms with E-state index < -0.39 is 0 Å². The van der Waals surface area contributed by atoms with Gasteiger partial charge in [-0.25, -0.2) is 0 Å². The molecule has 2 nitrogen and oxygen atoms in total. The molecule has 0 fully saturated rings. The first kappa shape index (κ1) is 14.6. The lowest BCUT2D eigenvalue weighted by Crippen LogP contribution is -2.14. The average molecular weight is 388 g/mol. The van der Waals surface area contributed by atoms with Gasteiger partial charge in [-0.15, -0.1) is 0 Å². The topological polar surface area (TPSA) is 35.2 Å². The maximum atomic E-state index is 6.27. The molecule has 1 unspecified atom stereocenters. The average Bonchev–Trinajstić information content (AvgIpc) is 2.41. The largest absolute Gasteiger partial charge is 0.496 e. The van der Waals surface area contributed by atoms with Crippen molar-refractivity contribution >= 4 is 34.2 Å². The Kier molecular flexibility index (Phi) is 5.07. The molecule has 2 N–H and O–H groups in total. The highest BCUT2D eigenvalue weighted by Gasteiger charge is 2.13. The summed E-state index contributed by atoms with van der Waals surface area (Å²) < 4.78 is 6.56. The molecule has 0 amide bonds. The van der Waals surface area contributed by atoms with Gasteiger partial charge in [-0.05, 0) is 64.9 Å². The molecule has 100 valence electrons. The molecule has 2 rings (SSSR count). The molecule has 0 saturated carbocycles. The number of nitrogens with two attached hydrogens (primary N) is 1. The summed E-state index contributed by atoms with van der Waals surface area (Å²) in [7, 11) is 1.64. The maximum Gasteiger partial charge on any atom is 0.123 e. The van der Waals surface area contributed by atoms with E-state index in [1.54, 1.807) is 7.11 Å². The molecule has 0 heterocycles. The first-order chi connectivity index (χ1) is 9.10. The van der Waals surface area contributed by atoms with Crippen molar-refractivity contribution in [2.24, 2.45) is 5.73 Å². The maximum absolute atomic E-state index is 6.27. The first-order valence-electron chi connectivity index (χ1n) is 5.93. The van der Waals surface area contributed by atoms with E-state index in [2.05, 4.69) is 46.9 Å². The second-order valence-corrected chi connectivity index (χ2v) is 6.01. The van der Waals surface area contributed by atoms with E-state index in [0.717, 1.165) is 17.7 Å². The van der Waals surface area contributed by atoms with Crippen molar-refractivity contribution in [2.45, 2.75) is 12.5 Å². The monoisotopic (exact) mass is 387 g/mol. The van der Waals surface area contributed by atoms with Crippen LogP contribution in [0.1, 0.15) is 17.2 Å². The van der Waals surface area contributed by atoms with Gasteiger partial charge in [-0.3, -0.25) is 0 Å². The van der Waals surface area contributed by atoms with E-state index in [-0.39, 0.29) is 6.04 Å². The molecule has 2 aromatic carbocycles. The van der Waals surface area contributed by atoms with E-state index in [0.29, 0.717) is 5.02 Å². The fourth-order valence-electron chi connectivity index (χ4n) is 1.98. The van der Waals surface area contributed by atoms with Crippen molar-refractivity contribution in [3.63, 3.8) is 0 Å². The van der Waals surface area contributed by atoms with Gasteiger partial charge >= 0.3 is 0 Å². The number of rotatable bonds is 4. The van der Waals surface area contributed by atoms with E-state index >= 15 is 0 Å². The Morgan fingerprint density at radius 1 is 1.21 bits per heavy atom. The second-order valence-electron chi connectivity index (χ2n) is 4.32.